The summed E-state index contributed by atoms with van der Waals surface area (Å²) in [6, 6.07) is 3.90. The Morgan fingerprint density at radius 1 is 1.40 bits per heavy atom. The maximum atomic E-state index is 6.26. The zero-order chi connectivity index (χ0) is 15.1. The van der Waals surface area contributed by atoms with Gasteiger partial charge in [0.2, 0.25) is 6.29 Å². The molecule has 0 saturated carbocycles. The highest BCUT2D eigenvalue weighted by molar-refractivity contribution is 14.1. The second-order valence-electron chi connectivity index (χ2n) is 3.82. The first-order chi connectivity index (χ1) is 9.51. The van der Waals surface area contributed by atoms with E-state index in [-0.39, 0.29) is 0 Å². The van der Waals surface area contributed by atoms with E-state index in [4.69, 9.17) is 26.8 Å². The van der Waals surface area contributed by atoms with Crippen LogP contribution in [0.2, 0.25) is 5.02 Å². The molecule has 7 heteroatoms. The number of amidine groups is 1. The second-order valence-corrected chi connectivity index (χ2v) is 6.15. The van der Waals surface area contributed by atoms with Gasteiger partial charge in [0.05, 0.1) is 11.6 Å². The van der Waals surface area contributed by atoms with Crippen LogP contribution in [0, 0.1) is 3.57 Å². The van der Waals surface area contributed by atoms with Crippen molar-refractivity contribution in [1.82, 2.24) is 0 Å². The molecule has 0 aliphatic rings. The number of hydrogen-bond acceptors (Lipinski definition) is 3. The Bertz CT molecular complexity index is 480. The summed E-state index contributed by atoms with van der Waals surface area (Å²) >= 11 is 11.9. The highest BCUT2D eigenvalue weighted by Crippen LogP contribution is 2.31. The van der Waals surface area contributed by atoms with Crippen LogP contribution >= 0.6 is 50.1 Å². The number of nitrogens with two attached hydrogens (primary N) is 1. The number of ether oxygens (including phenoxy) is 2. The fraction of sp³-hybridized carbons (Fsp3) is 0.462. The molecule has 1 aromatic rings. The van der Waals surface area contributed by atoms with Gasteiger partial charge in [-0.1, -0.05) is 17.7 Å². The number of hydrogen-bond donors (Lipinski definition) is 1. The lowest BCUT2D eigenvalue weighted by molar-refractivity contribution is -0.0907. The van der Waals surface area contributed by atoms with E-state index < -0.39 is 6.29 Å². The fourth-order valence-electron chi connectivity index (χ4n) is 1.46. The minimum absolute atomic E-state index is 0.319. The van der Waals surface area contributed by atoms with Crippen molar-refractivity contribution in [2.45, 2.75) is 26.7 Å². The molecule has 0 unspecified atom stereocenters. The number of benzene rings is 1. The van der Waals surface area contributed by atoms with Crippen LogP contribution in [-0.4, -0.2) is 25.3 Å². The van der Waals surface area contributed by atoms with Gasteiger partial charge < -0.3 is 15.2 Å². The minimum atomic E-state index is -0.601. The summed E-state index contributed by atoms with van der Waals surface area (Å²) in [6.07, 6.45) is -0.601. The Labute approximate surface area is 146 Å². The average Bonchev–Trinajstić information content (AvgIpc) is 2.43. The Morgan fingerprint density at radius 2 is 2.00 bits per heavy atom. The standard InChI is InChI=1S/C13H17BrClIN2O2/c1-3-19-13(20-4-2)12(17)18-7-8-5-6-9(16)10(14)11(8)15/h5-6,13H,3-4,7H2,1-2H3,(H2,17,18). The molecular weight excluding hydrogens is 458 g/mol. The van der Waals surface area contributed by atoms with Gasteiger partial charge >= 0.3 is 0 Å². The van der Waals surface area contributed by atoms with Gasteiger partial charge in [-0.25, -0.2) is 0 Å². The molecule has 0 radical (unpaired) electrons. The lowest BCUT2D eigenvalue weighted by Crippen LogP contribution is -2.34. The summed E-state index contributed by atoms with van der Waals surface area (Å²) in [5.41, 5.74) is 6.80. The average molecular weight is 476 g/mol. The molecular formula is C13H17BrClIN2O2. The summed E-state index contributed by atoms with van der Waals surface area (Å²) < 4.78 is 12.7. The van der Waals surface area contributed by atoms with Crippen molar-refractivity contribution in [3.8, 4) is 0 Å². The van der Waals surface area contributed by atoms with Crippen molar-refractivity contribution in [3.63, 3.8) is 0 Å². The van der Waals surface area contributed by atoms with Gasteiger partial charge in [-0.2, -0.15) is 0 Å². The third-order valence-electron chi connectivity index (χ3n) is 2.42. The summed E-state index contributed by atoms with van der Waals surface area (Å²) in [5.74, 6) is 0.319. The zero-order valence-corrected chi connectivity index (χ0v) is 15.8. The van der Waals surface area contributed by atoms with E-state index >= 15 is 0 Å². The number of nitrogens with zero attached hydrogens (tertiary/aromatic N) is 1. The molecule has 0 aromatic heterocycles. The van der Waals surface area contributed by atoms with Crippen LogP contribution in [0.5, 0.6) is 0 Å². The molecule has 4 nitrogen and oxygen atoms in total. The van der Waals surface area contributed by atoms with E-state index in [9.17, 15) is 0 Å². The molecule has 0 fully saturated rings. The van der Waals surface area contributed by atoms with Gasteiger partial charge in [0.15, 0.2) is 5.84 Å². The van der Waals surface area contributed by atoms with E-state index in [0.717, 1.165) is 13.6 Å². The third kappa shape index (κ3) is 5.14. The van der Waals surface area contributed by atoms with Crippen molar-refractivity contribution in [1.29, 1.82) is 0 Å². The smallest absolute Gasteiger partial charge is 0.216 e. The van der Waals surface area contributed by atoms with Crippen LogP contribution < -0.4 is 5.73 Å². The molecule has 0 amide bonds. The largest absolute Gasteiger partial charge is 0.383 e. The Balaban J connectivity index is 2.82. The van der Waals surface area contributed by atoms with Gasteiger partial charge in [0, 0.05) is 21.3 Å². The van der Waals surface area contributed by atoms with E-state index in [2.05, 4.69) is 43.5 Å². The van der Waals surface area contributed by atoms with Crippen molar-refractivity contribution in [2.75, 3.05) is 13.2 Å². The monoisotopic (exact) mass is 474 g/mol. The fourth-order valence-corrected chi connectivity index (χ4v) is 2.68. The predicted octanol–water partition coefficient (Wildman–Crippen LogP) is 3.96. The van der Waals surface area contributed by atoms with Crippen LogP contribution in [0.4, 0.5) is 0 Å². The molecule has 112 valence electrons. The van der Waals surface area contributed by atoms with Crippen LogP contribution in [-0.2, 0) is 16.0 Å². The van der Waals surface area contributed by atoms with Crippen molar-refractivity contribution >= 4 is 56.0 Å². The molecule has 1 rings (SSSR count). The molecule has 0 saturated heterocycles. The first-order valence-corrected chi connectivity index (χ1v) is 8.41. The van der Waals surface area contributed by atoms with Crippen LogP contribution in [0.3, 0.4) is 0 Å². The molecule has 0 spiro atoms. The van der Waals surface area contributed by atoms with E-state index in [1.807, 2.05) is 26.0 Å². The van der Waals surface area contributed by atoms with Gasteiger partial charge in [0.25, 0.3) is 0 Å². The molecule has 0 heterocycles. The summed E-state index contributed by atoms with van der Waals surface area (Å²) in [7, 11) is 0. The summed E-state index contributed by atoms with van der Waals surface area (Å²) in [4.78, 5) is 4.30. The second kappa shape index (κ2) is 9.19. The van der Waals surface area contributed by atoms with Crippen molar-refractivity contribution in [3.05, 3.63) is 30.8 Å². The highest BCUT2D eigenvalue weighted by atomic mass is 127. The Kier molecular flexibility index (Phi) is 8.35. The first kappa shape index (κ1) is 18.2. The van der Waals surface area contributed by atoms with Crippen LogP contribution in [0.25, 0.3) is 0 Å². The Morgan fingerprint density at radius 3 is 2.55 bits per heavy atom. The van der Waals surface area contributed by atoms with Crippen molar-refractivity contribution < 1.29 is 9.47 Å². The lowest BCUT2D eigenvalue weighted by atomic mass is 10.2. The third-order valence-corrected chi connectivity index (χ3v) is 5.55. The molecule has 2 N–H and O–H groups in total. The van der Waals surface area contributed by atoms with Crippen molar-refractivity contribution in [2.24, 2.45) is 10.7 Å². The predicted molar refractivity (Wildman–Crippen MR) is 94.2 cm³/mol. The van der Waals surface area contributed by atoms with E-state index in [0.29, 0.717) is 30.6 Å². The maximum Gasteiger partial charge on any atom is 0.216 e. The van der Waals surface area contributed by atoms with E-state index in [1.165, 1.54) is 0 Å². The van der Waals surface area contributed by atoms with Gasteiger partial charge in [-0.05, 0) is 64.0 Å². The van der Waals surface area contributed by atoms with E-state index in [1.54, 1.807) is 0 Å². The first-order valence-electron chi connectivity index (χ1n) is 6.16. The molecule has 0 aliphatic heterocycles. The van der Waals surface area contributed by atoms with Gasteiger partial charge in [-0.3, -0.25) is 4.99 Å². The number of rotatable bonds is 7. The Hall–Kier alpha value is 0.110. The molecule has 20 heavy (non-hydrogen) atoms. The molecule has 0 atom stereocenters. The zero-order valence-electron chi connectivity index (χ0n) is 11.3. The normalized spacial score (nSPS) is 12.2. The molecule has 0 bridgehead atoms. The summed E-state index contributed by atoms with van der Waals surface area (Å²) in [5, 5.41) is 0.651. The SMILES string of the molecule is CCOC(OCC)C(N)=NCc1ccc(I)c(Br)c1Cl. The quantitative estimate of drug-likeness (QED) is 0.214. The minimum Gasteiger partial charge on any atom is -0.383 e. The number of aliphatic imine (C=N–C) groups is 1. The number of halogens is 3. The topological polar surface area (TPSA) is 56.8 Å². The lowest BCUT2D eigenvalue weighted by Gasteiger charge is -2.16. The highest BCUT2D eigenvalue weighted by Gasteiger charge is 2.13. The molecule has 1 aromatic carbocycles. The van der Waals surface area contributed by atoms with Crippen LogP contribution in [0.1, 0.15) is 19.4 Å². The maximum absolute atomic E-state index is 6.26. The van der Waals surface area contributed by atoms with Gasteiger partial charge in [0.1, 0.15) is 0 Å². The molecule has 0 aliphatic carbocycles. The van der Waals surface area contributed by atoms with Crippen LogP contribution in [0.15, 0.2) is 21.6 Å². The van der Waals surface area contributed by atoms with Gasteiger partial charge in [-0.15, -0.1) is 0 Å². The summed E-state index contributed by atoms with van der Waals surface area (Å²) in [6.45, 7) is 5.17.